The second kappa shape index (κ2) is 15.9. The van der Waals surface area contributed by atoms with Crippen LogP contribution in [0.1, 0.15) is 47.8 Å². The Hall–Kier alpha value is -4.49. The minimum atomic E-state index is -0.0729. The summed E-state index contributed by atoms with van der Waals surface area (Å²) in [5.41, 5.74) is 5.90. The van der Waals surface area contributed by atoms with Crippen molar-refractivity contribution >= 4 is 34.8 Å². The van der Waals surface area contributed by atoms with Gasteiger partial charge in [-0.15, -0.1) is 0 Å². The average molecular weight is 591 g/mol. The summed E-state index contributed by atoms with van der Waals surface area (Å²) in [6.45, 7) is 11.1. The quantitative estimate of drug-likeness (QED) is 0.173. The van der Waals surface area contributed by atoms with Crippen molar-refractivity contribution in [3.8, 4) is 0 Å². The van der Waals surface area contributed by atoms with Crippen molar-refractivity contribution in [3.63, 3.8) is 0 Å². The zero-order valence-corrected chi connectivity index (χ0v) is 24.9. The van der Waals surface area contributed by atoms with Crippen LogP contribution in [0.15, 0.2) is 94.9 Å². The fourth-order valence-corrected chi connectivity index (χ4v) is 3.65. The Kier molecular flexibility index (Phi) is 12.7. The predicted octanol–water partition coefficient (Wildman–Crippen LogP) is 5.17. The molecule has 0 aliphatic carbocycles. The number of aliphatic imine (C=N–C) groups is 2. The van der Waals surface area contributed by atoms with Gasteiger partial charge in [0.05, 0.1) is 0 Å². The molecule has 41 heavy (non-hydrogen) atoms. The maximum Gasteiger partial charge on any atom is 2.00 e. The molecule has 0 spiro atoms. The Morgan fingerprint density at radius 2 is 0.854 bits per heavy atom. The molecule has 0 fully saturated rings. The van der Waals surface area contributed by atoms with E-state index >= 15 is 0 Å². The van der Waals surface area contributed by atoms with E-state index in [-0.39, 0.29) is 28.0 Å². The molecule has 8 nitrogen and oxygen atoms in total. The summed E-state index contributed by atoms with van der Waals surface area (Å²) in [6.07, 6.45) is 2.99. The molecule has 0 aliphatic heterocycles. The fraction of sp³-hybridized carbons (Fsp3) is 0.188. The van der Waals surface area contributed by atoms with E-state index in [0.29, 0.717) is 34.4 Å². The van der Waals surface area contributed by atoms with E-state index in [1.807, 2.05) is 76.2 Å². The van der Waals surface area contributed by atoms with Gasteiger partial charge in [-0.3, -0.25) is 0 Å². The van der Waals surface area contributed by atoms with E-state index in [0.717, 1.165) is 22.8 Å². The molecule has 0 N–H and O–H groups in total. The van der Waals surface area contributed by atoms with E-state index in [1.54, 1.807) is 38.1 Å². The monoisotopic (exact) mass is 590 g/mol. The van der Waals surface area contributed by atoms with Crippen molar-refractivity contribution in [1.29, 1.82) is 0 Å². The summed E-state index contributed by atoms with van der Waals surface area (Å²) in [7, 11) is 0. The van der Waals surface area contributed by atoms with Crippen molar-refractivity contribution in [1.82, 2.24) is 19.9 Å². The van der Waals surface area contributed by atoms with Gasteiger partial charge < -0.3 is 10.2 Å². The van der Waals surface area contributed by atoms with Crippen LogP contribution >= 0.6 is 0 Å². The van der Waals surface area contributed by atoms with Crippen LogP contribution in [0.5, 0.6) is 0 Å². The Balaban J connectivity index is 0.000000280. The minimum Gasteiger partial charge on any atom is -0.872 e. The first kappa shape index (κ1) is 32.7. The Morgan fingerprint density at radius 3 is 1.15 bits per heavy atom. The number of nitrogens with zero attached hydrogens (tertiary/aromatic N) is 6. The van der Waals surface area contributed by atoms with Gasteiger partial charge in [0.2, 0.25) is 11.9 Å². The van der Waals surface area contributed by atoms with Gasteiger partial charge in [0.1, 0.15) is 0 Å². The summed E-state index contributed by atoms with van der Waals surface area (Å²) < 4.78 is 0. The van der Waals surface area contributed by atoms with Crippen LogP contribution in [0.25, 0.3) is 11.5 Å². The Labute approximate surface area is 251 Å². The maximum atomic E-state index is 12.0. The SMILES string of the molecule is CC(/C=C(\[O-])c1ccccc1)=N\c1nc(C)cc(C)n1.CC(/C=C(\[O-])c1ccccc1)=N\c1nc(C)cc(C)n1.[Ni+2]. The molecular weight excluding hydrogens is 559 g/mol. The Morgan fingerprint density at radius 1 is 0.561 bits per heavy atom. The van der Waals surface area contributed by atoms with Gasteiger partial charge in [0.15, 0.2) is 0 Å². The van der Waals surface area contributed by atoms with E-state index in [2.05, 4.69) is 29.9 Å². The van der Waals surface area contributed by atoms with Crippen LogP contribution in [0.3, 0.4) is 0 Å². The molecule has 2 aromatic heterocycles. The van der Waals surface area contributed by atoms with Crippen molar-refractivity contribution in [3.05, 3.63) is 119 Å². The summed E-state index contributed by atoms with van der Waals surface area (Å²) >= 11 is 0. The van der Waals surface area contributed by atoms with Gasteiger partial charge >= 0.3 is 16.5 Å². The molecule has 0 saturated heterocycles. The molecule has 2 aromatic carbocycles. The van der Waals surface area contributed by atoms with Crippen molar-refractivity contribution in [2.24, 2.45) is 9.98 Å². The molecule has 0 saturated carbocycles. The van der Waals surface area contributed by atoms with Gasteiger partial charge in [0, 0.05) is 34.2 Å². The normalized spacial score (nSPS) is 12.2. The first-order valence-electron chi connectivity index (χ1n) is 12.7. The molecule has 0 aliphatic rings. The zero-order chi connectivity index (χ0) is 29.1. The molecule has 212 valence electrons. The maximum absolute atomic E-state index is 12.0. The predicted molar refractivity (Wildman–Crippen MR) is 157 cm³/mol. The molecule has 0 atom stereocenters. The first-order valence-corrected chi connectivity index (χ1v) is 12.7. The number of hydrogen-bond acceptors (Lipinski definition) is 8. The minimum absolute atomic E-state index is 0. The van der Waals surface area contributed by atoms with E-state index in [9.17, 15) is 10.2 Å². The van der Waals surface area contributed by atoms with Gasteiger partial charge in [-0.05, 0) is 77.0 Å². The number of rotatable bonds is 6. The van der Waals surface area contributed by atoms with Gasteiger partial charge in [-0.25, -0.2) is 29.9 Å². The third-order valence-corrected chi connectivity index (χ3v) is 5.29. The van der Waals surface area contributed by atoms with E-state index in [1.165, 1.54) is 12.2 Å². The van der Waals surface area contributed by atoms with Gasteiger partial charge in [0.25, 0.3) is 0 Å². The summed E-state index contributed by atoms with van der Waals surface area (Å²) in [4.78, 5) is 25.4. The second-order valence-corrected chi connectivity index (χ2v) is 9.16. The smallest absolute Gasteiger partial charge is 0.872 e. The molecule has 0 unspecified atom stereocenters. The van der Waals surface area contributed by atoms with E-state index < -0.39 is 0 Å². The largest absolute Gasteiger partial charge is 2.00 e. The van der Waals surface area contributed by atoms with Gasteiger partial charge in [-0.2, -0.15) is 0 Å². The molecule has 4 rings (SSSR count). The second-order valence-electron chi connectivity index (χ2n) is 9.16. The number of allylic oxidation sites excluding steroid dienone is 2. The molecule has 2 heterocycles. The van der Waals surface area contributed by atoms with Crippen LogP contribution in [0.2, 0.25) is 0 Å². The van der Waals surface area contributed by atoms with Crippen LogP contribution in [0.4, 0.5) is 11.9 Å². The molecule has 0 amide bonds. The van der Waals surface area contributed by atoms with E-state index in [4.69, 9.17) is 0 Å². The van der Waals surface area contributed by atoms with Crippen LogP contribution in [-0.2, 0) is 16.5 Å². The average Bonchev–Trinajstić information content (AvgIpc) is 2.88. The number of hydrogen-bond donors (Lipinski definition) is 0. The van der Waals surface area contributed by atoms with Crippen LogP contribution < -0.4 is 10.2 Å². The van der Waals surface area contributed by atoms with Crippen molar-refractivity contribution in [2.45, 2.75) is 41.5 Å². The van der Waals surface area contributed by atoms with Gasteiger partial charge in [-0.1, -0.05) is 72.2 Å². The third kappa shape index (κ3) is 11.3. The summed E-state index contributed by atoms with van der Waals surface area (Å²) in [5, 5.41) is 24.0. The zero-order valence-electron chi connectivity index (χ0n) is 23.9. The summed E-state index contributed by atoms with van der Waals surface area (Å²) in [6, 6.07) is 22.0. The molecule has 9 heteroatoms. The number of aryl methyl sites for hydroxylation is 4. The standard InChI is InChI=1S/2C16H17N3O.Ni/c2*1-11-9-12(2)18-16(17-11)19-13(3)10-15(20)14-7-5-4-6-8-14;/h2*4-10,20H,1-3H3;/q;;+2/p-2/b2*15-10-,19-13+;. The van der Waals surface area contributed by atoms with Crippen molar-refractivity contribution < 1.29 is 26.7 Å². The molecule has 0 radical (unpaired) electrons. The molecular formula is C32H32N6NiO2. The third-order valence-electron chi connectivity index (χ3n) is 5.29. The van der Waals surface area contributed by atoms with Crippen LogP contribution in [0, 0.1) is 27.7 Å². The summed E-state index contributed by atoms with van der Waals surface area (Å²) in [5.74, 6) is 0.627. The topological polar surface area (TPSA) is 122 Å². The molecule has 0 bridgehead atoms. The number of benzene rings is 2. The Bertz CT molecular complexity index is 1410. The van der Waals surface area contributed by atoms with Crippen LogP contribution in [-0.4, -0.2) is 31.4 Å². The first-order chi connectivity index (χ1) is 19.1. The number of aromatic nitrogens is 4. The van der Waals surface area contributed by atoms with Crippen molar-refractivity contribution in [2.75, 3.05) is 0 Å². The fourth-order valence-electron chi connectivity index (χ4n) is 3.65. The molecule has 4 aromatic rings.